The van der Waals surface area contributed by atoms with Crippen molar-refractivity contribution < 1.29 is 69.3 Å². The fraction of sp³-hybridized carbons (Fsp3) is 0.600. The monoisotopic (exact) mass is 760 g/mol. The minimum atomic E-state index is -5.57. The molecule has 1 saturated heterocycles. The van der Waals surface area contributed by atoms with Gasteiger partial charge in [-0.05, 0) is 93.9 Å². The van der Waals surface area contributed by atoms with Gasteiger partial charge in [0.2, 0.25) is 0 Å². The summed E-state index contributed by atoms with van der Waals surface area (Å²) < 4.78 is 227. The molecule has 2 aromatic carbocycles. The number of benzene rings is 2. The molecule has 2 aliphatic rings. The van der Waals surface area contributed by atoms with E-state index in [1.807, 2.05) is 0 Å². The Morgan fingerprint density at radius 1 is 1.14 bits per heavy atom. The van der Waals surface area contributed by atoms with Gasteiger partial charge in [0.15, 0.2) is 6.27 Å². The van der Waals surface area contributed by atoms with Gasteiger partial charge in [0.25, 0.3) is 11.8 Å². The molecular formula is C35H46F6N3O6P. The Morgan fingerprint density at radius 3 is 2.25 bits per heavy atom. The molecule has 1 amide bonds. The van der Waals surface area contributed by atoms with Crippen LogP contribution in [-0.2, 0) is 45.6 Å². The summed E-state index contributed by atoms with van der Waals surface area (Å²) in [4.78, 5) is 13.6. The number of carbonyl (C=O) groups is 1. The van der Waals surface area contributed by atoms with Crippen molar-refractivity contribution in [3.8, 4) is 0 Å². The van der Waals surface area contributed by atoms with Gasteiger partial charge in [-0.3, -0.25) is 18.7 Å². The van der Waals surface area contributed by atoms with E-state index in [2.05, 4.69) is 5.10 Å². The lowest BCUT2D eigenvalue weighted by Crippen LogP contribution is -2.64. The number of hydrazone groups is 1. The minimum Gasteiger partial charge on any atom is -0.346 e. The van der Waals surface area contributed by atoms with Crippen LogP contribution in [0.1, 0.15) is 109 Å². The first-order chi connectivity index (χ1) is 27.5. The van der Waals surface area contributed by atoms with Crippen molar-refractivity contribution in [2.24, 2.45) is 11.0 Å². The van der Waals surface area contributed by atoms with Crippen LogP contribution in [0, 0.1) is 25.6 Å². The highest BCUT2D eigenvalue weighted by Crippen LogP contribution is 2.53. The third kappa shape index (κ3) is 7.79. The number of morpholine rings is 1. The van der Waals surface area contributed by atoms with Crippen LogP contribution in [0.5, 0.6) is 0 Å². The van der Waals surface area contributed by atoms with Gasteiger partial charge in [-0.2, -0.15) is 18.3 Å². The maximum Gasteiger partial charge on any atom is 0.457 e. The largest absolute Gasteiger partial charge is 0.457 e. The number of rotatable bonds is 11. The zero-order chi connectivity index (χ0) is 48.5. The first-order valence-corrected chi connectivity index (χ1v) is 16.7. The van der Waals surface area contributed by atoms with E-state index in [1.54, 1.807) is 0 Å². The van der Waals surface area contributed by atoms with Crippen LogP contribution < -0.4 is 0 Å². The molecule has 9 nitrogen and oxygen atoms in total. The van der Waals surface area contributed by atoms with Gasteiger partial charge in [-0.15, -0.1) is 4.78 Å². The number of hydrogen-bond donors (Lipinski definition) is 0. The molecule has 0 aliphatic carbocycles. The predicted octanol–water partition coefficient (Wildman–Crippen LogP) is 9.02. The van der Waals surface area contributed by atoms with Gasteiger partial charge in [-0.25, -0.2) is 17.7 Å². The second kappa shape index (κ2) is 14.2. The number of carbonyl (C=O) groups excluding carboxylic acids is 1. The first-order valence-electron chi connectivity index (χ1n) is 20.7. The van der Waals surface area contributed by atoms with E-state index in [1.165, 1.54) is 0 Å². The van der Waals surface area contributed by atoms with E-state index in [4.69, 9.17) is 25.4 Å². The first kappa shape index (κ1) is 27.7. The van der Waals surface area contributed by atoms with E-state index in [0.717, 1.165) is 62.7 Å². The van der Waals surface area contributed by atoms with Gasteiger partial charge >= 0.3 is 13.9 Å². The number of halogens is 6. The van der Waals surface area contributed by atoms with Gasteiger partial charge in [0.05, 0.1) is 46.4 Å². The Bertz CT molecular complexity index is 2220. The third-order valence-electron chi connectivity index (χ3n) is 8.68. The van der Waals surface area contributed by atoms with Gasteiger partial charge in [-0.1, -0.05) is 19.9 Å². The Hall–Kier alpha value is -2.81. The van der Waals surface area contributed by atoms with Crippen LogP contribution in [0.25, 0.3) is 0 Å². The summed E-state index contributed by atoms with van der Waals surface area (Å²) in [6, 6.07) is -11.0. The van der Waals surface area contributed by atoms with Crippen LogP contribution >= 0.6 is 7.75 Å². The second-order valence-corrected chi connectivity index (χ2v) is 14.8. The van der Waals surface area contributed by atoms with Crippen molar-refractivity contribution >= 4 is 19.4 Å². The van der Waals surface area contributed by atoms with Crippen LogP contribution in [-0.4, -0.2) is 59.9 Å². The van der Waals surface area contributed by atoms with E-state index < -0.39 is 149 Å². The minimum absolute atomic E-state index is 0.111. The van der Waals surface area contributed by atoms with Crippen LogP contribution in [0.4, 0.5) is 26.3 Å². The van der Waals surface area contributed by atoms with Gasteiger partial charge < -0.3 is 9.47 Å². The lowest BCUT2D eigenvalue weighted by Gasteiger charge is -2.56. The number of alkyl halides is 5. The highest BCUT2D eigenvalue weighted by Gasteiger charge is 2.53. The zero-order valence-electron chi connectivity index (χ0n) is 40.7. The molecule has 284 valence electrons. The Morgan fingerprint density at radius 2 is 1.73 bits per heavy atom. The molecule has 0 bridgehead atoms. The third-order valence-corrected chi connectivity index (χ3v) is 10.4. The molecule has 1 unspecified atom stereocenters. The van der Waals surface area contributed by atoms with E-state index in [0.29, 0.717) is 11.8 Å². The van der Waals surface area contributed by atoms with E-state index >= 15 is 13.2 Å². The number of ether oxygens (including phenoxy) is 2. The standard InChI is InChI=1S/C35H46F6N3O6P/c1-19(2)33(8,27-15-23(34(9,37)38)16-28(21(27)4)35(39,40)41)50-31-30(26-13-12-24(36)14-20(26)3)43(32(6,7)22(5)49-31)18-25-17-29(45)44(42-25)51(46,47-10)48-11/h12-16,19,22,30-31H,17-18H2,1-11H3/t22?,30-,31+,33+/m0/s1/i12D,13D,14D,15D,16D,18D2,19D,22D,30D,31D. The highest BCUT2D eigenvalue weighted by atomic mass is 31.2. The number of amides is 1. The molecule has 0 N–H and O–H groups in total. The van der Waals surface area contributed by atoms with Crippen LogP contribution in [0.3, 0.4) is 0 Å². The zero-order valence-corrected chi connectivity index (χ0v) is 30.6. The average molecular weight is 761 g/mol. The van der Waals surface area contributed by atoms with Crippen LogP contribution in [0.15, 0.2) is 35.3 Å². The van der Waals surface area contributed by atoms with Crippen molar-refractivity contribution in [3.05, 3.63) is 69.4 Å². The molecule has 4 rings (SSSR count). The summed E-state index contributed by atoms with van der Waals surface area (Å²) >= 11 is 0. The fourth-order valence-corrected chi connectivity index (χ4v) is 6.24. The van der Waals surface area contributed by atoms with Gasteiger partial charge in [0.1, 0.15) is 5.82 Å². The molecule has 1 fully saturated rings. The summed E-state index contributed by atoms with van der Waals surface area (Å²) in [6.07, 6.45) is -13.5. The maximum atomic E-state index is 15.4. The predicted molar refractivity (Wildman–Crippen MR) is 179 cm³/mol. The summed E-state index contributed by atoms with van der Waals surface area (Å²) in [7, 11) is -2.89. The highest BCUT2D eigenvalue weighted by molar-refractivity contribution is 7.52. The molecule has 0 saturated carbocycles. The summed E-state index contributed by atoms with van der Waals surface area (Å²) in [5.41, 5.74) is -14.4. The Labute approximate surface area is 310 Å². The molecule has 2 aliphatic heterocycles. The van der Waals surface area contributed by atoms with E-state index in [-0.39, 0.29) is 11.7 Å². The smallest absolute Gasteiger partial charge is 0.346 e. The summed E-state index contributed by atoms with van der Waals surface area (Å²) in [5.74, 6) is -9.72. The molecule has 4 atom stereocenters. The Balaban J connectivity index is 2.33. The van der Waals surface area contributed by atoms with Crippen molar-refractivity contribution in [3.63, 3.8) is 0 Å². The molecule has 0 aromatic heterocycles. The second-order valence-electron chi connectivity index (χ2n) is 12.8. The van der Waals surface area contributed by atoms with Crippen molar-refractivity contribution in [2.75, 3.05) is 20.7 Å². The van der Waals surface area contributed by atoms with Crippen molar-refractivity contribution in [1.29, 1.82) is 0 Å². The molecular weight excluding hydrogens is 703 g/mol. The Kier molecular flexibility index (Phi) is 7.73. The van der Waals surface area contributed by atoms with Crippen molar-refractivity contribution in [1.82, 2.24) is 9.68 Å². The quantitative estimate of drug-likeness (QED) is 0.167. The molecule has 2 heterocycles. The average Bonchev–Trinajstić information content (AvgIpc) is 3.49. The lowest BCUT2D eigenvalue weighted by molar-refractivity contribution is -0.310. The molecule has 0 radical (unpaired) electrons. The van der Waals surface area contributed by atoms with Crippen LogP contribution in [0.2, 0.25) is 0 Å². The summed E-state index contributed by atoms with van der Waals surface area (Å²) in [6.45, 7) is 3.83. The normalized spacial score (nSPS) is 31.1. The number of nitrogens with zero attached hydrogens (tertiary/aromatic N) is 3. The molecule has 16 heteroatoms. The lowest BCUT2D eigenvalue weighted by atomic mass is 9.79. The molecule has 0 spiro atoms. The fourth-order valence-electron chi connectivity index (χ4n) is 5.22. The van der Waals surface area contributed by atoms with Crippen molar-refractivity contribution in [2.45, 2.75) is 110 Å². The molecule has 51 heavy (non-hydrogen) atoms. The maximum absolute atomic E-state index is 15.4. The SMILES string of the molecule is [2H]c1c([2H])c([C@]2([2H])N(C([2H])([2H])C3=NN(P(=O)(OC)OC)C(=O)C3)C(C)(C)C([2H])(C)O[C@]2([2H])O[C@@](C)(c2c([2H])c(C(C)(F)F)c([2H])c(C(F)(F)F)c2C)C([2H])(C)C)c(C)c([2H])c1F. The molecule has 2 aromatic rings. The van der Waals surface area contributed by atoms with E-state index in [9.17, 15) is 30.8 Å². The van der Waals surface area contributed by atoms with Gasteiger partial charge in [0, 0.05) is 42.9 Å². The topological polar surface area (TPSA) is 89.9 Å². The number of hydrogen-bond acceptors (Lipinski definition) is 8. The summed E-state index contributed by atoms with van der Waals surface area (Å²) in [5, 5.41) is 3.85.